The maximum absolute atomic E-state index is 12.4. The summed E-state index contributed by atoms with van der Waals surface area (Å²) in [4.78, 5) is 12.4. The molecule has 0 radical (unpaired) electrons. The van der Waals surface area contributed by atoms with E-state index in [0.29, 0.717) is 0 Å². The third kappa shape index (κ3) is 5.22. The van der Waals surface area contributed by atoms with Crippen molar-refractivity contribution in [2.24, 2.45) is 0 Å². The molecule has 2 aromatic rings. The lowest BCUT2D eigenvalue weighted by molar-refractivity contribution is -0.117. The van der Waals surface area contributed by atoms with Crippen molar-refractivity contribution in [2.45, 2.75) is 52.0 Å². The predicted octanol–water partition coefficient (Wildman–Crippen LogP) is 4.96. The van der Waals surface area contributed by atoms with Crippen LogP contribution in [-0.4, -0.2) is 5.91 Å². The van der Waals surface area contributed by atoms with Crippen LogP contribution >= 0.6 is 0 Å². The standard InChI is InChI=1S/C23H27NO/c1-4-5-6-7-11-14-22(25)24-23(3,20-12-9-8-10-13-20)21-17-15-19(2)16-18-21/h8-10,12-13,15-18H,4-7H2,1-3H3,(H,24,25). The molecule has 0 fully saturated rings. The second-order valence-electron chi connectivity index (χ2n) is 6.57. The van der Waals surface area contributed by atoms with Crippen molar-refractivity contribution in [1.82, 2.24) is 5.32 Å². The zero-order chi connectivity index (χ0) is 18.1. The van der Waals surface area contributed by atoms with Crippen molar-refractivity contribution in [3.63, 3.8) is 0 Å². The van der Waals surface area contributed by atoms with Crippen LogP contribution in [0.15, 0.2) is 54.6 Å². The van der Waals surface area contributed by atoms with E-state index in [1.807, 2.05) is 37.3 Å². The van der Waals surface area contributed by atoms with E-state index in [4.69, 9.17) is 0 Å². The molecule has 1 unspecified atom stereocenters. The molecule has 0 aliphatic carbocycles. The van der Waals surface area contributed by atoms with Gasteiger partial charge in [0, 0.05) is 6.42 Å². The Balaban J connectivity index is 2.24. The molecule has 130 valence electrons. The first kappa shape index (κ1) is 18.8. The average molecular weight is 333 g/mol. The van der Waals surface area contributed by atoms with E-state index >= 15 is 0 Å². The zero-order valence-electron chi connectivity index (χ0n) is 15.4. The first-order valence-corrected chi connectivity index (χ1v) is 9.00. The lowest BCUT2D eigenvalue weighted by atomic mass is 9.84. The van der Waals surface area contributed by atoms with Gasteiger partial charge < -0.3 is 5.32 Å². The van der Waals surface area contributed by atoms with Gasteiger partial charge in [-0.25, -0.2) is 0 Å². The number of nitrogens with one attached hydrogen (secondary N) is 1. The minimum Gasteiger partial charge on any atom is -0.332 e. The quantitative estimate of drug-likeness (QED) is 0.587. The fourth-order valence-corrected chi connectivity index (χ4v) is 2.83. The topological polar surface area (TPSA) is 29.1 Å². The molecule has 1 N–H and O–H groups in total. The molecule has 2 nitrogen and oxygen atoms in total. The predicted molar refractivity (Wildman–Crippen MR) is 104 cm³/mol. The first-order valence-electron chi connectivity index (χ1n) is 9.00. The molecule has 1 atom stereocenters. The Hall–Kier alpha value is -2.53. The summed E-state index contributed by atoms with van der Waals surface area (Å²) in [5, 5.41) is 3.12. The normalized spacial score (nSPS) is 12.6. The number of carbonyl (C=O) groups is 1. The number of hydrogen-bond donors (Lipinski definition) is 1. The highest BCUT2D eigenvalue weighted by atomic mass is 16.1. The Morgan fingerprint density at radius 2 is 1.64 bits per heavy atom. The van der Waals surface area contributed by atoms with Gasteiger partial charge in [0.05, 0.1) is 5.54 Å². The second-order valence-corrected chi connectivity index (χ2v) is 6.57. The van der Waals surface area contributed by atoms with Gasteiger partial charge in [-0.3, -0.25) is 4.79 Å². The maximum atomic E-state index is 12.4. The molecule has 0 aliphatic rings. The fourth-order valence-electron chi connectivity index (χ4n) is 2.83. The fraction of sp³-hybridized carbons (Fsp3) is 0.348. The molecule has 2 rings (SSSR count). The summed E-state index contributed by atoms with van der Waals surface area (Å²) in [6.45, 7) is 6.25. The van der Waals surface area contributed by atoms with Crippen LogP contribution in [0.4, 0.5) is 0 Å². The summed E-state index contributed by atoms with van der Waals surface area (Å²) >= 11 is 0. The van der Waals surface area contributed by atoms with Gasteiger partial charge in [0.15, 0.2) is 0 Å². The van der Waals surface area contributed by atoms with Crippen LogP contribution in [0.25, 0.3) is 0 Å². The monoisotopic (exact) mass is 333 g/mol. The molecular formula is C23H27NO. The van der Waals surface area contributed by atoms with Gasteiger partial charge in [0.25, 0.3) is 5.91 Å². The van der Waals surface area contributed by atoms with Crippen LogP contribution in [0.3, 0.4) is 0 Å². The number of carbonyl (C=O) groups excluding carboxylic acids is 1. The summed E-state index contributed by atoms with van der Waals surface area (Å²) < 4.78 is 0. The summed E-state index contributed by atoms with van der Waals surface area (Å²) in [7, 11) is 0. The molecule has 2 heteroatoms. The van der Waals surface area contributed by atoms with E-state index in [2.05, 4.69) is 55.3 Å². The van der Waals surface area contributed by atoms with Gasteiger partial charge in [-0.1, -0.05) is 85.8 Å². The van der Waals surface area contributed by atoms with Crippen LogP contribution in [0.1, 0.15) is 56.2 Å². The second kappa shape index (κ2) is 9.08. The van der Waals surface area contributed by atoms with Crippen LogP contribution in [0.5, 0.6) is 0 Å². The number of benzene rings is 2. The van der Waals surface area contributed by atoms with E-state index in [9.17, 15) is 4.79 Å². The number of rotatable bonds is 6. The molecule has 25 heavy (non-hydrogen) atoms. The summed E-state index contributed by atoms with van der Waals surface area (Å²) in [5.41, 5.74) is 2.68. The van der Waals surface area contributed by atoms with Crippen molar-refractivity contribution in [2.75, 3.05) is 0 Å². The van der Waals surface area contributed by atoms with Crippen LogP contribution < -0.4 is 5.32 Å². The minimum atomic E-state index is -0.607. The Kier molecular flexibility index (Phi) is 6.83. The number of unbranched alkanes of at least 4 members (excludes halogenated alkanes) is 3. The molecule has 0 bridgehead atoms. The van der Waals surface area contributed by atoms with Gasteiger partial charge in [-0.15, -0.1) is 0 Å². The van der Waals surface area contributed by atoms with Crippen LogP contribution in [-0.2, 0) is 10.3 Å². The molecular weight excluding hydrogens is 306 g/mol. The Morgan fingerprint density at radius 3 is 2.28 bits per heavy atom. The highest BCUT2D eigenvalue weighted by Gasteiger charge is 2.30. The highest BCUT2D eigenvalue weighted by Crippen LogP contribution is 2.29. The summed E-state index contributed by atoms with van der Waals surface area (Å²) in [5.74, 6) is 5.51. The maximum Gasteiger partial charge on any atom is 0.296 e. The van der Waals surface area contributed by atoms with E-state index < -0.39 is 5.54 Å². The Morgan fingerprint density at radius 1 is 1.00 bits per heavy atom. The van der Waals surface area contributed by atoms with Crippen LogP contribution in [0, 0.1) is 18.8 Å². The number of aryl methyl sites for hydroxylation is 1. The Labute approximate surface area is 151 Å². The average Bonchev–Trinajstić information content (AvgIpc) is 2.62. The lowest BCUT2D eigenvalue weighted by Gasteiger charge is -2.31. The SMILES string of the molecule is CCCCCC#CC(=O)NC(C)(c1ccccc1)c1ccc(C)cc1. The molecule has 0 spiro atoms. The third-order valence-corrected chi connectivity index (χ3v) is 4.45. The molecule has 0 saturated heterocycles. The van der Waals surface area contributed by atoms with Gasteiger partial charge in [0.1, 0.15) is 0 Å². The molecule has 0 saturated carbocycles. The minimum absolute atomic E-state index is 0.233. The van der Waals surface area contributed by atoms with Gasteiger partial charge in [0.2, 0.25) is 0 Å². The van der Waals surface area contributed by atoms with Gasteiger partial charge in [-0.2, -0.15) is 0 Å². The largest absolute Gasteiger partial charge is 0.332 e. The van der Waals surface area contributed by atoms with Gasteiger partial charge in [-0.05, 0) is 37.3 Å². The zero-order valence-corrected chi connectivity index (χ0v) is 15.4. The van der Waals surface area contributed by atoms with Crippen molar-refractivity contribution < 1.29 is 4.79 Å². The number of hydrogen-bond acceptors (Lipinski definition) is 1. The molecule has 2 aromatic carbocycles. The smallest absolute Gasteiger partial charge is 0.296 e. The molecule has 1 amide bonds. The Bertz CT molecular complexity index is 737. The van der Waals surface area contributed by atoms with Crippen molar-refractivity contribution in [3.8, 4) is 11.8 Å². The van der Waals surface area contributed by atoms with E-state index in [0.717, 1.165) is 36.8 Å². The van der Waals surface area contributed by atoms with Crippen molar-refractivity contribution in [1.29, 1.82) is 0 Å². The van der Waals surface area contributed by atoms with E-state index in [1.54, 1.807) is 0 Å². The molecule has 0 heterocycles. The number of amides is 1. The van der Waals surface area contributed by atoms with Crippen LogP contribution in [0.2, 0.25) is 0 Å². The third-order valence-electron chi connectivity index (χ3n) is 4.45. The lowest BCUT2D eigenvalue weighted by Crippen LogP contribution is -2.43. The first-order chi connectivity index (χ1) is 12.1. The van der Waals surface area contributed by atoms with Crippen molar-refractivity contribution in [3.05, 3.63) is 71.3 Å². The molecule has 0 aliphatic heterocycles. The summed E-state index contributed by atoms with van der Waals surface area (Å²) in [6, 6.07) is 18.3. The van der Waals surface area contributed by atoms with E-state index in [-0.39, 0.29) is 5.91 Å². The molecule has 0 aromatic heterocycles. The van der Waals surface area contributed by atoms with Crippen molar-refractivity contribution >= 4 is 5.91 Å². The summed E-state index contributed by atoms with van der Waals surface area (Å²) in [6.07, 6.45) is 4.13. The highest BCUT2D eigenvalue weighted by molar-refractivity contribution is 5.94. The van der Waals surface area contributed by atoms with E-state index in [1.165, 1.54) is 5.56 Å². The van der Waals surface area contributed by atoms with Gasteiger partial charge >= 0.3 is 0 Å².